The minimum Gasteiger partial charge on any atom is -0.327 e. The maximum Gasteiger partial charge on any atom is 0.305 e. The van der Waals surface area contributed by atoms with Gasteiger partial charge in [0.1, 0.15) is 0 Å². The summed E-state index contributed by atoms with van der Waals surface area (Å²) in [6, 6.07) is 8.98. The van der Waals surface area contributed by atoms with Crippen molar-refractivity contribution in [3.8, 4) is 0 Å². The molecule has 1 aliphatic heterocycles. The quantitative estimate of drug-likeness (QED) is 0.569. The average Bonchev–Trinajstić information content (AvgIpc) is 2.71. The smallest absolute Gasteiger partial charge is 0.305 e. The van der Waals surface area contributed by atoms with Gasteiger partial charge in [-0.25, -0.2) is 0 Å². The van der Waals surface area contributed by atoms with Crippen molar-refractivity contribution in [2.24, 2.45) is 0 Å². The number of hydrogen-bond donors (Lipinski definition) is 2. The van der Waals surface area contributed by atoms with Gasteiger partial charge in [0.05, 0.1) is 31.1 Å². The normalized spacial score (nSPS) is 14.4. The van der Waals surface area contributed by atoms with E-state index in [1.165, 1.54) is 6.07 Å². The lowest BCUT2D eigenvalue weighted by atomic mass is 10.1. The van der Waals surface area contributed by atoms with Gasteiger partial charge in [-0.15, -0.1) is 0 Å². The Morgan fingerprint density at radius 3 is 2.40 bits per heavy atom. The van der Waals surface area contributed by atoms with Crippen molar-refractivity contribution >= 4 is 23.2 Å². The number of nitro benzene ring substituents is 1. The second-order valence-electron chi connectivity index (χ2n) is 7.46. The van der Waals surface area contributed by atoms with Gasteiger partial charge >= 0.3 is 5.69 Å². The van der Waals surface area contributed by atoms with E-state index in [4.69, 9.17) is 0 Å². The molecular weight excluding hydrogens is 391 g/mol. The number of anilines is 1. The number of para-hydroxylation sites is 1. The number of nitrogens with one attached hydrogen (secondary N) is 2. The predicted molar refractivity (Wildman–Crippen MR) is 109 cm³/mol. The fourth-order valence-electron chi connectivity index (χ4n) is 3.59. The van der Waals surface area contributed by atoms with Crippen LogP contribution >= 0.6 is 0 Å². The molecule has 1 fully saturated rings. The van der Waals surface area contributed by atoms with Gasteiger partial charge in [-0.1, -0.05) is 18.2 Å². The van der Waals surface area contributed by atoms with Crippen LogP contribution in [-0.2, 0) is 4.79 Å². The van der Waals surface area contributed by atoms with Crippen molar-refractivity contribution in [1.29, 1.82) is 0 Å². The first-order valence-electron chi connectivity index (χ1n) is 9.69. The number of quaternary nitrogens is 1. The number of rotatable bonds is 5. The van der Waals surface area contributed by atoms with Crippen LogP contribution in [0, 0.1) is 29.8 Å². The maximum atomic E-state index is 13.5. The number of piperazine rings is 1. The molecule has 3 rings (SSSR count). The molecular formula is C21H24FN4O4+. The Morgan fingerprint density at radius 2 is 1.80 bits per heavy atom. The molecule has 8 nitrogen and oxygen atoms in total. The molecule has 9 heteroatoms. The standard InChI is InChI=1S/C21H23FN4O4/c1-14-4-3-5-15(2)20(14)23-19(27)13-24-8-10-25(11-9-24)21(28)16-6-7-17(22)18(12-16)26(29)30/h3-7,12H,8-11,13H2,1-2H3,(H,23,27)/p+1. The Kier molecular flexibility index (Phi) is 6.41. The van der Waals surface area contributed by atoms with Gasteiger partial charge in [0, 0.05) is 17.3 Å². The number of hydrogen-bond acceptors (Lipinski definition) is 4. The van der Waals surface area contributed by atoms with Crippen LogP contribution in [-0.4, -0.2) is 54.4 Å². The summed E-state index contributed by atoms with van der Waals surface area (Å²) in [5, 5.41) is 13.9. The van der Waals surface area contributed by atoms with Crippen molar-refractivity contribution in [2.75, 3.05) is 38.0 Å². The van der Waals surface area contributed by atoms with Crippen LogP contribution in [0.15, 0.2) is 36.4 Å². The van der Waals surface area contributed by atoms with Gasteiger partial charge in [-0.3, -0.25) is 19.7 Å². The SMILES string of the molecule is Cc1cccc(C)c1NC(=O)C[NH+]1CCN(C(=O)c2ccc(F)c([N+](=O)[O-])c2)CC1. The molecule has 158 valence electrons. The predicted octanol–water partition coefficient (Wildman–Crippen LogP) is 1.33. The van der Waals surface area contributed by atoms with E-state index < -0.39 is 16.4 Å². The molecule has 1 aliphatic rings. The van der Waals surface area contributed by atoms with Crippen LogP contribution < -0.4 is 10.2 Å². The topological polar surface area (TPSA) is 97.0 Å². The molecule has 1 saturated heterocycles. The Bertz CT molecular complexity index is 967. The third-order valence-corrected chi connectivity index (χ3v) is 5.30. The van der Waals surface area contributed by atoms with E-state index in [-0.39, 0.29) is 23.9 Å². The van der Waals surface area contributed by atoms with Crippen molar-refractivity contribution in [3.63, 3.8) is 0 Å². The summed E-state index contributed by atoms with van der Waals surface area (Å²) in [5.74, 6) is -1.44. The summed E-state index contributed by atoms with van der Waals surface area (Å²) in [6.45, 7) is 6.16. The lowest BCUT2D eigenvalue weighted by Gasteiger charge is -2.32. The Hall–Kier alpha value is -3.33. The van der Waals surface area contributed by atoms with Crippen molar-refractivity contribution in [3.05, 3.63) is 69.0 Å². The third-order valence-electron chi connectivity index (χ3n) is 5.30. The van der Waals surface area contributed by atoms with Gasteiger partial charge in [0.2, 0.25) is 5.82 Å². The monoisotopic (exact) mass is 415 g/mol. The highest BCUT2D eigenvalue weighted by molar-refractivity contribution is 5.95. The van der Waals surface area contributed by atoms with Gasteiger partial charge in [0.15, 0.2) is 6.54 Å². The zero-order valence-electron chi connectivity index (χ0n) is 16.9. The molecule has 2 amide bonds. The van der Waals surface area contributed by atoms with Gasteiger partial charge in [0.25, 0.3) is 11.8 Å². The molecule has 0 aromatic heterocycles. The van der Waals surface area contributed by atoms with Gasteiger partial charge < -0.3 is 15.1 Å². The second-order valence-corrected chi connectivity index (χ2v) is 7.46. The summed E-state index contributed by atoms with van der Waals surface area (Å²) >= 11 is 0. The van der Waals surface area contributed by atoms with Crippen LogP contribution in [0.5, 0.6) is 0 Å². The van der Waals surface area contributed by atoms with Crippen LogP contribution in [0.1, 0.15) is 21.5 Å². The summed E-state index contributed by atoms with van der Waals surface area (Å²) < 4.78 is 13.5. The highest BCUT2D eigenvalue weighted by Gasteiger charge is 2.27. The highest BCUT2D eigenvalue weighted by atomic mass is 19.1. The molecule has 1 heterocycles. The number of carbonyl (C=O) groups excluding carboxylic acids is 2. The van der Waals surface area contributed by atoms with Crippen LogP contribution in [0.25, 0.3) is 0 Å². The molecule has 2 aromatic rings. The number of nitrogens with zero attached hydrogens (tertiary/aromatic N) is 2. The zero-order chi connectivity index (χ0) is 21.8. The molecule has 0 unspecified atom stereocenters. The minimum absolute atomic E-state index is 0.0827. The number of benzene rings is 2. The Morgan fingerprint density at radius 1 is 1.17 bits per heavy atom. The van der Waals surface area contributed by atoms with E-state index in [9.17, 15) is 24.1 Å². The molecule has 2 aromatic carbocycles. The van der Waals surface area contributed by atoms with Crippen molar-refractivity contribution < 1.29 is 23.8 Å². The highest BCUT2D eigenvalue weighted by Crippen LogP contribution is 2.20. The molecule has 0 saturated carbocycles. The Balaban J connectivity index is 1.56. The average molecular weight is 415 g/mol. The summed E-state index contributed by atoms with van der Waals surface area (Å²) in [5.41, 5.74) is 2.20. The summed E-state index contributed by atoms with van der Waals surface area (Å²) in [4.78, 5) is 37.7. The molecule has 2 N–H and O–H groups in total. The first-order valence-corrected chi connectivity index (χ1v) is 9.69. The van der Waals surface area contributed by atoms with E-state index >= 15 is 0 Å². The molecule has 0 radical (unpaired) electrons. The zero-order valence-corrected chi connectivity index (χ0v) is 16.9. The van der Waals surface area contributed by atoms with Gasteiger partial charge in [-0.05, 0) is 37.1 Å². The van der Waals surface area contributed by atoms with Crippen molar-refractivity contribution in [2.45, 2.75) is 13.8 Å². The lowest BCUT2D eigenvalue weighted by Crippen LogP contribution is -3.15. The van der Waals surface area contributed by atoms with E-state index in [2.05, 4.69) is 5.32 Å². The minimum atomic E-state index is -0.972. The van der Waals surface area contributed by atoms with Crippen LogP contribution in [0.3, 0.4) is 0 Å². The number of aryl methyl sites for hydroxylation is 2. The van der Waals surface area contributed by atoms with Crippen LogP contribution in [0.2, 0.25) is 0 Å². The molecule has 0 spiro atoms. The van der Waals surface area contributed by atoms with E-state index in [1.54, 1.807) is 4.90 Å². The maximum absolute atomic E-state index is 13.5. The first-order chi connectivity index (χ1) is 14.3. The fraction of sp³-hybridized carbons (Fsp3) is 0.333. The number of carbonyl (C=O) groups is 2. The molecule has 0 aliphatic carbocycles. The number of nitro groups is 1. The third kappa shape index (κ3) is 4.80. The summed E-state index contributed by atoms with van der Waals surface area (Å²) in [7, 11) is 0. The number of halogens is 1. The molecule has 0 bridgehead atoms. The fourth-order valence-corrected chi connectivity index (χ4v) is 3.59. The molecule has 30 heavy (non-hydrogen) atoms. The van der Waals surface area contributed by atoms with E-state index in [0.29, 0.717) is 26.2 Å². The summed E-state index contributed by atoms with van der Waals surface area (Å²) in [6.07, 6.45) is 0. The van der Waals surface area contributed by atoms with Crippen LogP contribution in [0.4, 0.5) is 15.8 Å². The number of amides is 2. The molecule has 0 atom stereocenters. The lowest BCUT2D eigenvalue weighted by molar-refractivity contribution is -0.895. The van der Waals surface area contributed by atoms with Crippen molar-refractivity contribution in [1.82, 2.24) is 4.90 Å². The second kappa shape index (κ2) is 9.00. The largest absolute Gasteiger partial charge is 0.327 e. The van der Waals surface area contributed by atoms with Gasteiger partial charge in [-0.2, -0.15) is 4.39 Å². The van der Waals surface area contributed by atoms with E-state index in [1.807, 2.05) is 32.0 Å². The Labute approximate surface area is 173 Å². The first kappa shape index (κ1) is 21.4. The van der Waals surface area contributed by atoms with E-state index in [0.717, 1.165) is 33.8 Å².